The Morgan fingerprint density at radius 1 is 0.526 bits per heavy atom. The van der Waals surface area contributed by atoms with Crippen molar-refractivity contribution < 1.29 is 17.0 Å². The van der Waals surface area contributed by atoms with E-state index in [0.29, 0.717) is 0 Å². The number of rotatable bonds is 28. The van der Waals surface area contributed by atoms with E-state index >= 15 is 0 Å². The largest absolute Gasteiger partial charge is 1.00 e. The lowest BCUT2D eigenvalue weighted by molar-refractivity contribution is -0.697. The van der Waals surface area contributed by atoms with Gasteiger partial charge in [-0.05, 0) is 51.0 Å². The minimum Gasteiger partial charge on any atom is -1.00 e. The Hall–Kier alpha value is -0.820. The van der Waals surface area contributed by atoms with E-state index in [4.69, 9.17) is 0 Å². The monoisotopic (exact) mass is 547 g/mol. The molecule has 0 unspecified atom stereocenters. The van der Waals surface area contributed by atoms with Crippen molar-refractivity contribution in [1.82, 2.24) is 0 Å². The summed E-state index contributed by atoms with van der Waals surface area (Å²) in [6.07, 6.45) is 45.8. The number of nitrogens with zero attached hydrogens (tertiary/aromatic N) is 1. The summed E-state index contributed by atoms with van der Waals surface area (Å²) in [6, 6.07) is 4.59. The number of hydrogen-bond acceptors (Lipinski definition) is 0. The first kappa shape index (κ1) is 37.2. The maximum absolute atomic E-state index is 2.44. The fourth-order valence-corrected chi connectivity index (χ4v) is 5.40. The molecular formula is C36H66ClN. The summed E-state index contributed by atoms with van der Waals surface area (Å²) in [5.74, 6) is 0. The maximum atomic E-state index is 2.44. The van der Waals surface area contributed by atoms with Crippen LogP contribution < -0.4 is 17.0 Å². The zero-order valence-electron chi connectivity index (χ0n) is 25.9. The normalized spacial score (nSPS) is 11.3. The van der Waals surface area contributed by atoms with Crippen LogP contribution in [-0.2, 0) is 13.0 Å². The molecule has 1 aromatic heterocycles. The van der Waals surface area contributed by atoms with Crippen LogP contribution in [0.5, 0.6) is 0 Å². The molecule has 0 atom stereocenters. The fourth-order valence-electron chi connectivity index (χ4n) is 5.40. The van der Waals surface area contributed by atoms with Gasteiger partial charge in [-0.25, -0.2) is 4.57 Å². The average Bonchev–Trinajstić information content (AvgIpc) is 2.92. The van der Waals surface area contributed by atoms with Crippen LogP contribution in [0.4, 0.5) is 0 Å². The lowest BCUT2D eigenvalue weighted by Gasteiger charge is -2.04. The van der Waals surface area contributed by atoms with Crippen molar-refractivity contribution in [3.8, 4) is 0 Å². The van der Waals surface area contributed by atoms with Crippen LogP contribution in [0.1, 0.15) is 180 Å². The molecule has 0 bridgehead atoms. The van der Waals surface area contributed by atoms with Gasteiger partial charge >= 0.3 is 0 Å². The third-order valence-corrected chi connectivity index (χ3v) is 7.92. The van der Waals surface area contributed by atoms with Gasteiger partial charge in [-0.15, -0.1) is 0 Å². The number of halogens is 1. The van der Waals surface area contributed by atoms with E-state index in [1.165, 1.54) is 179 Å². The summed E-state index contributed by atoms with van der Waals surface area (Å²) < 4.78 is 2.43. The standard InChI is InChI=1S/C36H66N.ClH/c1-3-5-7-9-11-13-15-16-17-18-19-21-23-25-27-29-33-37-34-30-32-36(35-37)31-28-26-24-22-20-14-12-10-8-6-4-2;/h16-17,30,32,34-35H,3-15,18-29,31,33H2,1-2H3;1H/q+1;/p-1/b17-16-;. The van der Waals surface area contributed by atoms with Gasteiger partial charge in [-0.3, -0.25) is 0 Å². The van der Waals surface area contributed by atoms with E-state index in [1.54, 1.807) is 0 Å². The minimum atomic E-state index is 0. The van der Waals surface area contributed by atoms with Crippen LogP contribution in [0.15, 0.2) is 36.7 Å². The Morgan fingerprint density at radius 2 is 0.947 bits per heavy atom. The third kappa shape index (κ3) is 25.5. The lowest BCUT2D eigenvalue weighted by atomic mass is 10.0. The predicted molar refractivity (Wildman–Crippen MR) is 166 cm³/mol. The van der Waals surface area contributed by atoms with Crippen LogP contribution in [0.25, 0.3) is 0 Å². The molecule has 1 heterocycles. The first-order chi connectivity index (χ1) is 18.4. The number of aryl methyl sites for hydroxylation is 2. The van der Waals surface area contributed by atoms with E-state index in [2.05, 4.69) is 55.1 Å². The van der Waals surface area contributed by atoms with Gasteiger partial charge in [0.1, 0.15) is 6.54 Å². The summed E-state index contributed by atoms with van der Waals surface area (Å²) in [7, 11) is 0. The molecule has 1 aromatic rings. The summed E-state index contributed by atoms with van der Waals surface area (Å²) >= 11 is 0. The Labute approximate surface area is 246 Å². The minimum absolute atomic E-state index is 0. The first-order valence-electron chi connectivity index (χ1n) is 17.0. The Morgan fingerprint density at radius 3 is 1.45 bits per heavy atom. The summed E-state index contributed by atoms with van der Waals surface area (Å²) in [5, 5.41) is 0. The van der Waals surface area contributed by atoms with Crippen molar-refractivity contribution in [3.63, 3.8) is 0 Å². The van der Waals surface area contributed by atoms with Gasteiger partial charge in [0.25, 0.3) is 0 Å². The highest BCUT2D eigenvalue weighted by Gasteiger charge is 2.03. The van der Waals surface area contributed by atoms with Crippen molar-refractivity contribution in [2.45, 2.75) is 187 Å². The second-order valence-corrected chi connectivity index (χ2v) is 11.7. The second-order valence-electron chi connectivity index (χ2n) is 11.7. The van der Waals surface area contributed by atoms with Crippen molar-refractivity contribution in [3.05, 3.63) is 42.2 Å². The molecule has 38 heavy (non-hydrogen) atoms. The second kappa shape index (κ2) is 30.7. The molecule has 222 valence electrons. The van der Waals surface area contributed by atoms with Crippen LogP contribution in [-0.4, -0.2) is 0 Å². The van der Waals surface area contributed by atoms with Crippen LogP contribution in [0.2, 0.25) is 0 Å². The molecule has 0 aliphatic heterocycles. The van der Waals surface area contributed by atoms with Crippen LogP contribution in [0.3, 0.4) is 0 Å². The number of unbranched alkanes of at least 4 members (excludes halogenated alkanes) is 22. The van der Waals surface area contributed by atoms with E-state index < -0.39 is 0 Å². The van der Waals surface area contributed by atoms with Crippen molar-refractivity contribution in [1.29, 1.82) is 0 Å². The van der Waals surface area contributed by atoms with E-state index in [9.17, 15) is 0 Å². The van der Waals surface area contributed by atoms with Crippen molar-refractivity contribution in [2.24, 2.45) is 0 Å². The average molecular weight is 548 g/mol. The molecule has 0 aliphatic carbocycles. The molecule has 1 rings (SSSR count). The first-order valence-corrected chi connectivity index (χ1v) is 17.0. The number of aromatic nitrogens is 1. The number of allylic oxidation sites excluding steroid dienone is 2. The highest BCUT2D eigenvalue weighted by Crippen LogP contribution is 2.13. The van der Waals surface area contributed by atoms with Gasteiger partial charge in [0.05, 0.1) is 0 Å². The Balaban J connectivity index is 0.0000137. The van der Waals surface area contributed by atoms with E-state index in [1.807, 2.05) is 0 Å². The zero-order chi connectivity index (χ0) is 26.5. The molecule has 0 saturated heterocycles. The molecule has 0 aromatic carbocycles. The number of pyridine rings is 1. The summed E-state index contributed by atoms with van der Waals surface area (Å²) in [4.78, 5) is 0. The Kier molecular flexibility index (Phi) is 30.1. The van der Waals surface area contributed by atoms with Gasteiger partial charge in [0.15, 0.2) is 12.4 Å². The fraction of sp³-hybridized carbons (Fsp3) is 0.806. The van der Waals surface area contributed by atoms with Gasteiger partial charge in [0.2, 0.25) is 0 Å². The summed E-state index contributed by atoms with van der Waals surface area (Å²) in [5.41, 5.74) is 1.53. The molecule has 0 N–H and O–H groups in total. The van der Waals surface area contributed by atoms with Gasteiger partial charge < -0.3 is 12.4 Å². The lowest BCUT2D eigenvalue weighted by Crippen LogP contribution is -3.00. The molecule has 0 spiro atoms. The molecule has 0 radical (unpaired) electrons. The molecular weight excluding hydrogens is 482 g/mol. The van der Waals surface area contributed by atoms with Gasteiger partial charge in [-0.2, -0.15) is 0 Å². The topological polar surface area (TPSA) is 3.88 Å². The molecule has 0 aliphatic rings. The van der Waals surface area contributed by atoms with E-state index in [0.717, 1.165) is 0 Å². The highest BCUT2D eigenvalue weighted by molar-refractivity contribution is 5.05. The van der Waals surface area contributed by atoms with E-state index in [-0.39, 0.29) is 12.4 Å². The van der Waals surface area contributed by atoms with Crippen molar-refractivity contribution in [2.75, 3.05) is 0 Å². The van der Waals surface area contributed by atoms with Gasteiger partial charge in [0, 0.05) is 18.1 Å². The van der Waals surface area contributed by atoms with Gasteiger partial charge in [-0.1, -0.05) is 142 Å². The molecule has 0 saturated carbocycles. The Bertz CT molecular complexity index is 611. The molecule has 2 heteroatoms. The SMILES string of the molecule is CCCCCCCC/C=C\CCCCCCCC[n+]1cccc(CCCCCCCCCCCCC)c1.[Cl-]. The molecule has 1 nitrogen and oxygen atoms in total. The molecule has 0 fully saturated rings. The molecule has 0 amide bonds. The highest BCUT2D eigenvalue weighted by atomic mass is 35.5. The van der Waals surface area contributed by atoms with Crippen LogP contribution >= 0.6 is 0 Å². The predicted octanol–water partition coefficient (Wildman–Crippen LogP) is 8.87. The maximum Gasteiger partial charge on any atom is 0.171 e. The van der Waals surface area contributed by atoms with Crippen molar-refractivity contribution >= 4 is 0 Å². The van der Waals surface area contributed by atoms with Crippen LogP contribution in [0, 0.1) is 0 Å². The third-order valence-electron chi connectivity index (χ3n) is 7.92. The summed E-state index contributed by atoms with van der Waals surface area (Å²) in [6.45, 7) is 5.78. The quantitative estimate of drug-likeness (QED) is 0.0560. The number of hydrogen-bond donors (Lipinski definition) is 0. The zero-order valence-corrected chi connectivity index (χ0v) is 26.6. The smallest absolute Gasteiger partial charge is 0.171 e.